The minimum Gasteiger partial charge on any atom is -0.320 e. The fourth-order valence-corrected chi connectivity index (χ4v) is 2.61. The summed E-state index contributed by atoms with van der Waals surface area (Å²) in [4.78, 5) is 0. The molecule has 0 aliphatic carbocycles. The van der Waals surface area contributed by atoms with Crippen LogP contribution in [0.3, 0.4) is 0 Å². The second kappa shape index (κ2) is 6.91. The summed E-state index contributed by atoms with van der Waals surface area (Å²) in [6.07, 6.45) is 1.12. The lowest BCUT2D eigenvalue weighted by Gasteiger charge is -2.15. The SMILES string of the molecule is CC(C)Cc1ccc(C(N)c2ccc(C(C)C)cc2)cc1. The Bertz CT molecular complexity index is 549. The van der Waals surface area contributed by atoms with Gasteiger partial charge >= 0.3 is 0 Å². The summed E-state index contributed by atoms with van der Waals surface area (Å²) in [7, 11) is 0. The van der Waals surface area contributed by atoms with E-state index >= 15 is 0 Å². The van der Waals surface area contributed by atoms with E-state index < -0.39 is 0 Å². The topological polar surface area (TPSA) is 26.0 Å². The van der Waals surface area contributed by atoms with Crippen LogP contribution in [0.1, 0.15) is 61.9 Å². The van der Waals surface area contributed by atoms with Crippen molar-refractivity contribution in [3.05, 3.63) is 70.8 Å². The van der Waals surface area contributed by atoms with Gasteiger partial charge in [0.05, 0.1) is 6.04 Å². The highest BCUT2D eigenvalue weighted by atomic mass is 14.6. The average Bonchev–Trinajstić information content (AvgIpc) is 2.47. The van der Waals surface area contributed by atoms with Crippen molar-refractivity contribution in [1.82, 2.24) is 0 Å². The molecule has 0 amide bonds. The fraction of sp³-hybridized carbons (Fsp3) is 0.400. The van der Waals surface area contributed by atoms with E-state index in [1.165, 1.54) is 22.3 Å². The van der Waals surface area contributed by atoms with Crippen molar-refractivity contribution in [2.45, 2.75) is 46.1 Å². The van der Waals surface area contributed by atoms with Crippen LogP contribution in [-0.2, 0) is 6.42 Å². The van der Waals surface area contributed by atoms with Crippen molar-refractivity contribution in [2.24, 2.45) is 11.7 Å². The van der Waals surface area contributed by atoms with Gasteiger partial charge in [-0.15, -0.1) is 0 Å². The van der Waals surface area contributed by atoms with Gasteiger partial charge in [-0.25, -0.2) is 0 Å². The Morgan fingerprint density at radius 2 is 1.14 bits per heavy atom. The Labute approximate surface area is 129 Å². The van der Waals surface area contributed by atoms with Gasteiger partial charge < -0.3 is 5.73 Å². The number of hydrogen-bond donors (Lipinski definition) is 1. The molecule has 1 unspecified atom stereocenters. The van der Waals surface area contributed by atoms with E-state index in [4.69, 9.17) is 5.73 Å². The molecule has 0 spiro atoms. The zero-order chi connectivity index (χ0) is 15.4. The number of nitrogens with two attached hydrogens (primary N) is 1. The van der Waals surface area contributed by atoms with Crippen molar-refractivity contribution >= 4 is 0 Å². The molecule has 0 heterocycles. The molecule has 2 aromatic carbocycles. The highest BCUT2D eigenvalue weighted by Gasteiger charge is 2.09. The lowest BCUT2D eigenvalue weighted by Crippen LogP contribution is -2.12. The fourth-order valence-electron chi connectivity index (χ4n) is 2.61. The molecule has 2 N–H and O–H groups in total. The van der Waals surface area contributed by atoms with Crippen LogP contribution in [0.2, 0.25) is 0 Å². The lowest BCUT2D eigenvalue weighted by atomic mass is 9.94. The molecule has 0 saturated heterocycles. The Morgan fingerprint density at radius 1 is 0.714 bits per heavy atom. The Hall–Kier alpha value is -1.60. The van der Waals surface area contributed by atoms with E-state index in [1.807, 2.05) is 0 Å². The van der Waals surface area contributed by atoms with Crippen molar-refractivity contribution in [2.75, 3.05) is 0 Å². The smallest absolute Gasteiger partial charge is 0.0551 e. The molecule has 0 aliphatic heterocycles. The molecule has 0 radical (unpaired) electrons. The molecular formula is C20H27N. The van der Waals surface area contributed by atoms with Crippen LogP contribution >= 0.6 is 0 Å². The first-order valence-electron chi connectivity index (χ1n) is 7.91. The molecule has 0 fully saturated rings. The molecule has 0 aliphatic rings. The molecular weight excluding hydrogens is 254 g/mol. The van der Waals surface area contributed by atoms with Gasteiger partial charge in [-0.2, -0.15) is 0 Å². The summed E-state index contributed by atoms with van der Waals surface area (Å²) in [6, 6.07) is 17.4. The van der Waals surface area contributed by atoms with Gasteiger partial charge in [0.15, 0.2) is 0 Å². The average molecular weight is 281 g/mol. The number of hydrogen-bond acceptors (Lipinski definition) is 1. The minimum atomic E-state index is -0.0423. The van der Waals surface area contributed by atoms with E-state index in [-0.39, 0.29) is 6.04 Å². The first kappa shape index (κ1) is 15.8. The molecule has 1 atom stereocenters. The van der Waals surface area contributed by atoms with Gasteiger partial charge in [-0.1, -0.05) is 76.2 Å². The molecule has 112 valence electrons. The van der Waals surface area contributed by atoms with Gasteiger partial charge in [0.2, 0.25) is 0 Å². The predicted octanol–water partition coefficient (Wildman–Crippen LogP) is 5.06. The zero-order valence-electron chi connectivity index (χ0n) is 13.6. The van der Waals surface area contributed by atoms with Crippen LogP contribution in [0.15, 0.2) is 48.5 Å². The normalized spacial score (nSPS) is 12.9. The van der Waals surface area contributed by atoms with E-state index in [0.717, 1.165) is 6.42 Å². The molecule has 0 bridgehead atoms. The largest absolute Gasteiger partial charge is 0.320 e. The Morgan fingerprint density at radius 3 is 1.57 bits per heavy atom. The van der Waals surface area contributed by atoms with Crippen molar-refractivity contribution in [1.29, 1.82) is 0 Å². The summed E-state index contributed by atoms with van der Waals surface area (Å²) in [6.45, 7) is 8.91. The van der Waals surface area contributed by atoms with Crippen LogP contribution in [0.5, 0.6) is 0 Å². The third-order valence-corrected chi connectivity index (χ3v) is 3.95. The quantitative estimate of drug-likeness (QED) is 0.814. The van der Waals surface area contributed by atoms with Crippen LogP contribution in [0.4, 0.5) is 0 Å². The highest BCUT2D eigenvalue weighted by molar-refractivity contribution is 5.35. The van der Waals surface area contributed by atoms with Crippen LogP contribution in [0, 0.1) is 5.92 Å². The molecule has 1 heteroatoms. The third kappa shape index (κ3) is 4.18. The third-order valence-electron chi connectivity index (χ3n) is 3.95. The maximum atomic E-state index is 6.39. The van der Waals surface area contributed by atoms with Crippen molar-refractivity contribution in [3.8, 4) is 0 Å². The van der Waals surface area contributed by atoms with Gasteiger partial charge in [-0.3, -0.25) is 0 Å². The maximum absolute atomic E-state index is 6.39. The first-order chi connectivity index (χ1) is 9.97. The summed E-state index contributed by atoms with van der Waals surface area (Å²) >= 11 is 0. The van der Waals surface area contributed by atoms with Gasteiger partial charge in [0.1, 0.15) is 0 Å². The van der Waals surface area contributed by atoms with Crippen LogP contribution < -0.4 is 5.73 Å². The van der Waals surface area contributed by atoms with E-state index in [1.54, 1.807) is 0 Å². The summed E-state index contributed by atoms with van der Waals surface area (Å²) in [5, 5.41) is 0. The monoisotopic (exact) mass is 281 g/mol. The molecule has 2 aromatic rings. The number of rotatable bonds is 5. The second-order valence-electron chi connectivity index (χ2n) is 6.64. The summed E-state index contributed by atoms with van der Waals surface area (Å²) in [5.74, 6) is 1.25. The van der Waals surface area contributed by atoms with Gasteiger partial charge in [0.25, 0.3) is 0 Å². The molecule has 0 saturated carbocycles. The standard InChI is InChI=1S/C20H27N/c1-14(2)13-16-5-7-18(8-6-16)20(21)19-11-9-17(10-12-19)15(3)4/h5-12,14-15,20H,13,21H2,1-4H3. The number of benzene rings is 2. The summed E-state index contributed by atoms with van der Waals surface area (Å²) < 4.78 is 0. The van der Waals surface area contributed by atoms with Gasteiger partial charge in [-0.05, 0) is 40.5 Å². The second-order valence-corrected chi connectivity index (χ2v) is 6.64. The molecule has 21 heavy (non-hydrogen) atoms. The first-order valence-corrected chi connectivity index (χ1v) is 7.91. The minimum absolute atomic E-state index is 0.0423. The van der Waals surface area contributed by atoms with E-state index in [2.05, 4.69) is 76.2 Å². The molecule has 0 aromatic heterocycles. The van der Waals surface area contributed by atoms with Crippen LogP contribution in [0.25, 0.3) is 0 Å². The zero-order valence-corrected chi connectivity index (χ0v) is 13.6. The van der Waals surface area contributed by atoms with Crippen molar-refractivity contribution < 1.29 is 0 Å². The lowest BCUT2D eigenvalue weighted by molar-refractivity contribution is 0.647. The predicted molar refractivity (Wildman–Crippen MR) is 91.5 cm³/mol. The van der Waals surface area contributed by atoms with Gasteiger partial charge in [0, 0.05) is 0 Å². The van der Waals surface area contributed by atoms with Crippen LogP contribution in [-0.4, -0.2) is 0 Å². The van der Waals surface area contributed by atoms with E-state index in [0.29, 0.717) is 11.8 Å². The van der Waals surface area contributed by atoms with E-state index in [9.17, 15) is 0 Å². The summed E-state index contributed by atoms with van der Waals surface area (Å²) in [5.41, 5.74) is 11.5. The van der Waals surface area contributed by atoms with Crippen molar-refractivity contribution in [3.63, 3.8) is 0 Å². The maximum Gasteiger partial charge on any atom is 0.0551 e. The Kier molecular flexibility index (Phi) is 5.19. The molecule has 1 nitrogen and oxygen atoms in total. The molecule has 2 rings (SSSR count). The Balaban J connectivity index is 2.13. The highest BCUT2D eigenvalue weighted by Crippen LogP contribution is 2.23.